The van der Waals surface area contributed by atoms with Crippen molar-refractivity contribution >= 4 is 5.97 Å². The normalized spacial score (nSPS) is 19.2. The number of nitrogens with zero attached hydrogens (tertiary/aromatic N) is 1. The van der Waals surface area contributed by atoms with Gasteiger partial charge in [-0.15, -0.1) is 0 Å². The van der Waals surface area contributed by atoms with Gasteiger partial charge >= 0.3 is 12.0 Å². The molecule has 0 aromatic carbocycles. The molecule has 0 aliphatic carbocycles. The lowest BCUT2D eigenvalue weighted by atomic mass is 10.2. The van der Waals surface area contributed by atoms with Crippen LogP contribution in [0, 0.1) is 0 Å². The van der Waals surface area contributed by atoms with E-state index >= 15 is 0 Å². The Morgan fingerprint density at radius 2 is 2.53 bits per heavy atom. The zero-order chi connectivity index (χ0) is 12.1. The lowest BCUT2D eigenvalue weighted by molar-refractivity contribution is 0.0516. The van der Waals surface area contributed by atoms with Crippen molar-refractivity contribution < 1.29 is 23.4 Å². The zero-order valence-corrected chi connectivity index (χ0v) is 9.68. The van der Waals surface area contributed by atoms with Crippen molar-refractivity contribution in [3.63, 3.8) is 0 Å². The minimum Gasteiger partial charge on any atom is -0.461 e. The molecule has 0 saturated carbocycles. The molecule has 0 radical (unpaired) electrons. The monoisotopic (exact) mass is 241 g/mol. The highest BCUT2D eigenvalue weighted by atomic mass is 16.6. The summed E-state index contributed by atoms with van der Waals surface area (Å²) in [5.74, 6) is -0.511. The van der Waals surface area contributed by atoms with Gasteiger partial charge in [0.15, 0.2) is 5.69 Å². The number of hydrogen-bond acceptors (Lipinski definition) is 6. The maximum atomic E-state index is 11.3. The van der Waals surface area contributed by atoms with Gasteiger partial charge in [-0.1, -0.05) is 0 Å². The van der Waals surface area contributed by atoms with Crippen LogP contribution in [0.4, 0.5) is 0 Å². The molecule has 1 atom stereocenters. The Balaban J connectivity index is 1.83. The Morgan fingerprint density at radius 3 is 3.24 bits per heavy atom. The van der Waals surface area contributed by atoms with Crippen LogP contribution in [0.1, 0.15) is 30.3 Å². The quantitative estimate of drug-likeness (QED) is 0.726. The second-order valence-corrected chi connectivity index (χ2v) is 3.67. The Bertz CT molecular complexity index is 370. The third-order valence-corrected chi connectivity index (χ3v) is 2.38. The molecule has 0 N–H and O–H groups in total. The summed E-state index contributed by atoms with van der Waals surface area (Å²) in [5.41, 5.74) is 0.120. The predicted molar refractivity (Wildman–Crippen MR) is 56.9 cm³/mol. The van der Waals surface area contributed by atoms with Crippen molar-refractivity contribution in [1.82, 2.24) is 4.98 Å². The van der Waals surface area contributed by atoms with Crippen LogP contribution in [0.25, 0.3) is 0 Å². The number of hydrogen-bond donors (Lipinski definition) is 0. The van der Waals surface area contributed by atoms with Crippen LogP contribution in [0.3, 0.4) is 0 Å². The molecule has 1 fully saturated rings. The average Bonchev–Trinajstić information content (AvgIpc) is 2.98. The average molecular weight is 241 g/mol. The van der Waals surface area contributed by atoms with Crippen LogP contribution in [0.15, 0.2) is 10.7 Å². The molecule has 1 aliphatic rings. The molecule has 0 bridgehead atoms. The highest BCUT2D eigenvalue weighted by Gasteiger charge is 2.18. The van der Waals surface area contributed by atoms with E-state index in [0.29, 0.717) is 13.2 Å². The van der Waals surface area contributed by atoms with E-state index in [2.05, 4.69) is 4.98 Å². The number of oxazole rings is 1. The van der Waals surface area contributed by atoms with E-state index in [0.717, 1.165) is 19.4 Å². The molecule has 17 heavy (non-hydrogen) atoms. The summed E-state index contributed by atoms with van der Waals surface area (Å²) in [6, 6.07) is 0. The largest absolute Gasteiger partial charge is 0.461 e. The summed E-state index contributed by atoms with van der Waals surface area (Å²) in [6.45, 7) is 3.20. The number of ether oxygens (including phenoxy) is 3. The van der Waals surface area contributed by atoms with Gasteiger partial charge in [-0.05, 0) is 19.8 Å². The Morgan fingerprint density at radius 1 is 1.65 bits per heavy atom. The molecule has 1 aromatic rings. The standard InChI is InChI=1S/C11H15NO5/c1-2-14-10(13)9-7-17-11(12-9)16-6-8-4-3-5-15-8/h7-8H,2-6H2,1H3. The summed E-state index contributed by atoms with van der Waals surface area (Å²) in [6.07, 6.45) is 3.42. The molecule has 0 spiro atoms. The lowest BCUT2D eigenvalue weighted by Crippen LogP contribution is -2.16. The smallest absolute Gasteiger partial charge is 0.394 e. The Kier molecular flexibility index (Phi) is 3.98. The van der Waals surface area contributed by atoms with Crippen LogP contribution < -0.4 is 4.74 Å². The maximum absolute atomic E-state index is 11.3. The minimum absolute atomic E-state index is 0.0727. The summed E-state index contributed by atoms with van der Waals surface area (Å²) in [5, 5.41) is 0. The lowest BCUT2D eigenvalue weighted by Gasteiger charge is -2.07. The topological polar surface area (TPSA) is 70.8 Å². The predicted octanol–water partition coefficient (Wildman–Crippen LogP) is 1.41. The summed E-state index contributed by atoms with van der Waals surface area (Å²) in [4.78, 5) is 15.2. The number of aromatic nitrogens is 1. The Labute approximate surface area is 98.9 Å². The fraction of sp³-hybridized carbons (Fsp3) is 0.636. The third-order valence-electron chi connectivity index (χ3n) is 2.38. The molecular weight excluding hydrogens is 226 g/mol. The van der Waals surface area contributed by atoms with E-state index < -0.39 is 5.97 Å². The van der Waals surface area contributed by atoms with Crippen molar-refractivity contribution in [2.75, 3.05) is 19.8 Å². The second kappa shape index (κ2) is 5.67. The van der Waals surface area contributed by atoms with Crippen molar-refractivity contribution in [3.05, 3.63) is 12.0 Å². The van der Waals surface area contributed by atoms with Gasteiger partial charge in [0.2, 0.25) is 0 Å². The van der Waals surface area contributed by atoms with Crippen LogP contribution in [0.2, 0.25) is 0 Å². The fourth-order valence-electron chi connectivity index (χ4n) is 1.56. The maximum Gasteiger partial charge on any atom is 0.394 e. The third kappa shape index (κ3) is 3.20. The molecule has 1 unspecified atom stereocenters. The molecule has 0 amide bonds. The summed E-state index contributed by atoms with van der Waals surface area (Å²) in [7, 11) is 0. The van der Waals surface area contributed by atoms with Gasteiger partial charge < -0.3 is 18.6 Å². The van der Waals surface area contributed by atoms with Crippen molar-refractivity contribution in [1.29, 1.82) is 0 Å². The SMILES string of the molecule is CCOC(=O)c1coc(OCC2CCCO2)n1. The van der Waals surface area contributed by atoms with Gasteiger partial charge in [0.05, 0.1) is 12.7 Å². The van der Waals surface area contributed by atoms with Crippen LogP contribution >= 0.6 is 0 Å². The molecule has 1 saturated heterocycles. The molecule has 6 heteroatoms. The van der Waals surface area contributed by atoms with E-state index in [-0.39, 0.29) is 17.9 Å². The Hall–Kier alpha value is -1.56. The van der Waals surface area contributed by atoms with E-state index in [1.807, 2.05) is 0 Å². The second-order valence-electron chi connectivity index (χ2n) is 3.67. The first-order valence-corrected chi connectivity index (χ1v) is 5.66. The molecule has 1 aromatic heterocycles. The summed E-state index contributed by atoms with van der Waals surface area (Å²) >= 11 is 0. The number of rotatable bonds is 5. The van der Waals surface area contributed by atoms with Crippen molar-refractivity contribution in [2.45, 2.75) is 25.9 Å². The highest BCUT2D eigenvalue weighted by molar-refractivity contribution is 5.86. The first-order valence-electron chi connectivity index (χ1n) is 5.66. The van der Waals surface area contributed by atoms with Crippen LogP contribution in [0.5, 0.6) is 6.08 Å². The summed E-state index contributed by atoms with van der Waals surface area (Å²) < 4.78 is 20.4. The molecule has 1 aliphatic heterocycles. The first-order chi connectivity index (χ1) is 8.29. The van der Waals surface area contributed by atoms with E-state index in [1.54, 1.807) is 6.92 Å². The van der Waals surface area contributed by atoms with Crippen molar-refractivity contribution in [3.8, 4) is 6.08 Å². The minimum atomic E-state index is -0.511. The molecular formula is C11H15NO5. The van der Waals surface area contributed by atoms with Gasteiger partial charge in [0.1, 0.15) is 12.9 Å². The van der Waals surface area contributed by atoms with Gasteiger partial charge in [0, 0.05) is 6.61 Å². The van der Waals surface area contributed by atoms with Gasteiger partial charge in [0.25, 0.3) is 0 Å². The number of carbonyl (C=O) groups excluding carboxylic acids is 1. The van der Waals surface area contributed by atoms with Gasteiger partial charge in [-0.2, -0.15) is 4.98 Å². The van der Waals surface area contributed by atoms with Crippen LogP contribution in [-0.2, 0) is 9.47 Å². The molecule has 2 heterocycles. The first kappa shape index (κ1) is 11.9. The number of esters is 1. The van der Waals surface area contributed by atoms with Crippen molar-refractivity contribution in [2.24, 2.45) is 0 Å². The van der Waals surface area contributed by atoms with Gasteiger partial charge in [-0.3, -0.25) is 0 Å². The molecule has 2 rings (SSSR count). The number of carbonyl (C=O) groups is 1. The fourth-order valence-corrected chi connectivity index (χ4v) is 1.56. The van der Waals surface area contributed by atoms with Gasteiger partial charge in [-0.25, -0.2) is 4.79 Å². The van der Waals surface area contributed by atoms with E-state index in [1.165, 1.54) is 6.26 Å². The van der Waals surface area contributed by atoms with E-state index in [9.17, 15) is 4.79 Å². The van der Waals surface area contributed by atoms with E-state index in [4.69, 9.17) is 18.6 Å². The molecule has 6 nitrogen and oxygen atoms in total. The highest BCUT2D eigenvalue weighted by Crippen LogP contribution is 2.15. The zero-order valence-electron chi connectivity index (χ0n) is 9.68. The molecule has 94 valence electrons. The van der Waals surface area contributed by atoms with Crippen LogP contribution in [-0.4, -0.2) is 36.9 Å².